The topological polar surface area (TPSA) is 134 Å². The lowest BCUT2D eigenvalue weighted by Crippen LogP contribution is -2.41. The molecule has 1 amide bonds. The van der Waals surface area contributed by atoms with Crippen LogP contribution in [0.25, 0.3) is 0 Å². The fourth-order valence-electron chi connectivity index (χ4n) is 2.70. The van der Waals surface area contributed by atoms with Gasteiger partial charge in [-0.15, -0.1) is 10.2 Å². The van der Waals surface area contributed by atoms with Gasteiger partial charge in [0.25, 0.3) is 10.0 Å². The number of halogens is 3. The van der Waals surface area contributed by atoms with Crippen molar-refractivity contribution in [2.45, 2.75) is 16.7 Å². The molecule has 3 rings (SSSR count). The highest BCUT2D eigenvalue weighted by Crippen LogP contribution is 2.52. The van der Waals surface area contributed by atoms with Gasteiger partial charge in [0.05, 0.1) is 22.3 Å². The Bertz CT molecular complexity index is 1010. The minimum absolute atomic E-state index is 0.0172. The zero-order valence-electron chi connectivity index (χ0n) is 14.1. The Morgan fingerprint density at radius 3 is 2.36 bits per heavy atom. The van der Waals surface area contributed by atoms with Crippen LogP contribution in [0.2, 0.25) is 0 Å². The molecule has 1 saturated heterocycles. The van der Waals surface area contributed by atoms with Gasteiger partial charge in [-0.1, -0.05) is 12.1 Å². The lowest BCUT2D eigenvalue weighted by molar-refractivity contribution is -0.166. The summed E-state index contributed by atoms with van der Waals surface area (Å²) in [5.74, 6) is -2.79. The molecular weight excluding hydrogens is 425 g/mol. The van der Waals surface area contributed by atoms with Gasteiger partial charge in [0.1, 0.15) is 0 Å². The maximum atomic E-state index is 13.0. The summed E-state index contributed by atoms with van der Waals surface area (Å²) in [5.41, 5.74) is -3.04. The molecule has 1 unspecified atom stereocenters. The third-order valence-electron chi connectivity index (χ3n) is 4.30. The van der Waals surface area contributed by atoms with Gasteiger partial charge in [-0.05, 0) is 12.1 Å². The van der Waals surface area contributed by atoms with E-state index in [2.05, 4.69) is 15.5 Å². The van der Waals surface area contributed by atoms with Gasteiger partial charge < -0.3 is 5.32 Å². The predicted molar refractivity (Wildman–Crippen MR) is 89.4 cm³/mol. The average molecular weight is 440 g/mol. The van der Waals surface area contributed by atoms with Crippen molar-refractivity contribution in [3.63, 3.8) is 0 Å². The number of amides is 1. The largest absolute Gasteiger partial charge is 0.442 e. The number of hydrogen-bond donors (Lipinski definition) is 2. The first-order valence-corrected chi connectivity index (χ1v) is 11.3. The van der Waals surface area contributed by atoms with Crippen molar-refractivity contribution < 1.29 is 34.8 Å². The van der Waals surface area contributed by atoms with E-state index in [4.69, 9.17) is 0 Å². The molecule has 9 nitrogen and oxygen atoms in total. The van der Waals surface area contributed by atoms with E-state index in [1.807, 2.05) is 0 Å². The first kappa shape index (κ1) is 20.7. The Balaban J connectivity index is 1.75. The molecule has 2 heterocycles. The molecule has 0 radical (unpaired) electrons. The molecule has 1 atom stereocenters. The van der Waals surface area contributed by atoms with Crippen molar-refractivity contribution in [2.75, 3.05) is 24.6 Å². The maximum absolute atomic E-state index is 13.0. The molecule has 2 aliphatic heterocycles. The molecule has 0 spiro atoms. The molecule has 1 fully saturated rings. The van der Waals surface area contributed by atoms with E-state index < -0.39 is 54.2 Å². The van der Waals surface area contributed by atoms with E-state index in [1.54, 1.807) is 4.72 Å². The van der Waals surface area contributed by atoms with Gasteiger partial charge in [0, 0.05) is 18.7 Å². The molecule has 1 aromatic rings. The summed E-state index contributed by atoms with van der Waals surface area (Å²) in [6.07, 6.45) is -4.75. The van der Waals surface area contributed by atoms with Crippen LogP contribution in [0.5, 0.6) is 0 Å². The van der Waals surface area contributed by atoms with E-state index in [-0.39, 0.29) is 24.4 Å². The molecule has 154 valence electrons. The Kier molecular flexibility index (Phi) is 5.00. The second-order valence-corrected chi connectivity index (χ2v) is 10.3. The second-order valence-electron chi connectivity index (χ2n) is 6.38. The SMILES string of the molecule is O=C(NS(=O)(=O)c1ccc(C2(C(F)(F)F)N=N2)cc1)C1CNCCS(=O)(=O)C1. The summed E-state index contributed by atoms with van der Waals surface area (Å²) in [4.78, 5) is 11.8. The van der Waals surface area contributed by atoms with Crippen LogP contribution in [0.4, 0.5) is 13.2 Å². The van der Waals surface area contributed by atoms with Gasteiger partial charge >= 0.3 is 11.8 Å². The number of carbonyl (C=O) groups is 1. The van der Waals surface area contributed by atoms with Gasteiger partial charge in [0.2, 0.25) is 5.91 Å². The lowest BCUT2D eigenvalue weighted by Gasteiger charge is -2.16. The average Bonchev–Trinajstić information content (AvgIpc) is 3.39. The molecule has 2 N–H and O–H groups in total. The van der Waals surface area contributed by atoms with Crippen LogP contribution in [0.1, 0.15) is 5.56 Å². The maximum Gasteiger partial charge on any atom is 0.442 e. The summed E-state index contributed by atoms with van der Waals surface area (Å²) in [5, 5.41) is 8.77. The lowest BCUT2D eigenvalue weighted by atomic mass is 10.0. The van der Waals surface area contributed by atoms with E-state index in [0.717, 1.165) is 24.3 Å². The van der Waals surface area contributed by atoms with Crippen molar-refractivity contribution in [3.05, 3.63) is 29.8 Å². The van der Waals surface area contributed by atoms with Crippen molar-refractivity contribution in [1.82, 2.24) is 10.0 Å². The standard InChI is InChI=1S/C14H15F3N4O5S2/c15-14(16,17)13(20-21-13)10-1-3-11(4-2-10)28(25,26)19-12(22)9-7-18-5-6-27(23,24)8-9/h1-4,9,18H,5-8H2,(H,19,22). The first-order chi connectivity index (χ1) is 12.9. The number of nitrogens with one attached hydrogen (secondary N) is 2. The monoisotopic (exact) mass is 440 g/mol. The third-order valence-corrected chi connectivity index (χ3v) is 7.40. The number of carbonyl (C=O) groups excluding carboxylic acids is 1. The van der Waals surface area contributed by atoms with Crippen LogP contribution in [0.3, 0.4) is 0 Å². The normalized spacial score (nSPS) is 23.6. The molecule has 2 aliphatic rings. The summed E-state index contributed by atoms with van der Waals surface area (Å²) < 4.78 is 88.9. The number of rotatable bonds is 4. The molecule has 0 saturated carbocycles. The number of sulfone groups is 1. The summed E-state index contributed by atoms with van der Waals surface area (Å²) in [6, 6.07) is 3.60. The van der Waals surface area contributed by atoms with Crippen LogP contribution in [-0.4, -0.2) is 53.5 Å². The minimum Gasteiger partial charge on any atom is -0.315 e. The molecule has 0 aliphatic carbocycles. The quantitative estimate of drug-likeness (QED) is 0.692. The van der Waals surface area contributed by atoms with E-state index in [9.17, 15) is 34.8 Å². The van der Waals surface area contributed by atoms with Crippen LogP contribution in [0.15, 0.2) is 39.4 Å². The fraction of sp³-hybridized carbons (Fsp3) is 0.500. The van der Waals surface area contributed by atoms with Crippen LogP contribution in [-0.2, 0) is 30.3 Å². The molecule has 0 bridgehead atoms. The molecular formula is C14H15F3N4O5S2. The van der Waals surface area contributed by atoms with Crippen molar-refractivity contribution in [3.8, 4) is 0 Å². The number of alkyl halides is 3. The second kappa shape index (κ2) is 6.77. The van der Waals surface area contributed by atoms with Crippen LogP contribution in [0, 0.1) is 5.92 Å². The fourth-order valence-corrected chi connectivity index (χ4v) is 5.25. The third kappa shape index (κ3) is 4.03. The van der Waals surface area contributed by atoms with Gasteiger partial charge in [0.15, 0.2) is 9.84 Å². The first-order valence-electron chi connectivity index (χ1n) is 7.95. The number of benzene rings is 1. The highest BCUT2D eigenvalue weighted by Gasteiger charge is 2.65. The summed E-state index contributed by atoms with van der Waals surface area (Å²) in [7, 11) is -7.91. The Labute approximate surface area is 158 Å². The number of sulfonamides is 1. The number of hydrogen-bond acceptors (Lipinski definition) is 8. The summed E-state index contributed by atoms with van der Waals surface area (Å²) in [6.45, 7) is 0.133. The van der Waals surface area contributed by atoms with Gasteiger partial charge in [-0.3, -0.25) is 4.79 Å². The minimum atomic E-state index is -4.75. The zero-order valence-corrected chi connectivity index (χ0v) is 15.7. The summed E-state index contributed by atoms with van der Waals surface area (Å²) >= 11 is 0. The van der Waals surface area contributed by atoms with Crippen LogP contribution >= 0.6 is 0 Å². The van der Waals surface area contributed by atoms with Crippen LogP contribution < -0.4 is 10.0 Å². The van der Waals surface area contributed by atoms with Crippen molar-refractivity contribution >= 4 is 25.8 Å². The Morgan fingerprint density at radius 2 is 1.82 bits per heavy atom. The molecule has 1 aromatic carbocycles. The number of nitrogens with zero attached hydrogens (tertiary/aromatic N) is 2. The van der Waals surface area contributed by atoms with E-state index >= 15 is 0 Å². The van der Waals surface area contributed by atoms with Gasteiger partial charge in [-0.2, -0.15) is 13.2 Å². The predicted octanol–water partition coefficient (Wildman–Crippen LogP) is 0.307. The van der Waals surface area contributed by atoms with Gasteiger partial charge in [-0.25, -0.2) is 21.6 Å². The van der Waals surface area contributed by atoms with E-state index in [0.29, 0.717) is 0 Å². The zero-order chi connectivity index (χ0) is 20.8. The molecule has 14 heteroatoms. The Morgan fingerprint density at radius 1 is 1.21 bits per heavy atom. The highest BCUT2D eigenvalue weighted by molar-refractivity contribution is 7.91. The molecule has 28 heavy (non-hydrogen) atoms. The Hall–Kier alpha value is -2.06. The highest BCUT2D eigenvalue weighted by atomic mass is 32.2. The van der Waals surface area contributed by atoms with E-state index in [1.165, 1.54) is 0 Å². The van der Waals surface area contributed by atoms with Crippen molar-refractivity contribution in [1.29, 1.82) is 0 Å². The molecule has 0 aromatic heterocycles. The van der Waals surface area contributed by atoms with Crippen molar-refractivity contribution in [2.24, 2.45) is 16.1 Å². The smallest absolute Gasteiger partial charge is 0.315 e.